The van der Waals surface area contributed by atoms with E-state index in [9.17, 15) is 17.2 Å². The summed E-state index contributed by atoms with van der Waals surface area (Å²) in [4.78, 5) is 14.4. The van der Waals surface area contributed by atoms with Crippen molar-refractivity contribution in [2.75, 3.05) is 13.4 Å². The Balaban J connectivity index is 1.66. The normalized spacial score (nSPS) is 12.2. The van der Waals surface area contributed by atoms with Gasteiger partial charge in [0.2, 0.25) is 5.88 Å². The van der Waals surface area contributed by atoms with Crippen LogP contribution in [0.2, 0.25) is 0 Å². The molecule has 5 rings (SSSR count). The number of pyridine rings is 2. The summed E-state index contributed by atoms with van der Waals surface area (Å²) < 4.78 is 60.0. The molecule has 0 fully saturated rings. The summed E-state index contributed by atoms with van der Waals surface area (Å²) in [5.41, 5.74) is 5.48. The lowest BCUT2D eigenvalue weighted by Gasteiger charge is -2.24. The van der Waals surface area contributed by atoms with Gasteiger partial charge in [0.1, 0.15) is 0 Å². The van der Waals surface area contributed by atoms with Crippen LogP contribution < -0.4 is 4.74 Å². The number of benzene rings is 3. The van der Waals surface area contributed by atoms with Gasteiger partial charge in [-0.15, -0.1) is 0 Å². The molecule has 7 nitrogen and oxygen atoms in total. The topological polar surface area (TPSA) is 87.6 Å². The maximum absolute atomic E-state index is 13.1. The van der Waals surface area contributed by atoms with Gasteiger partial charge in [0.05, 0.1) is 35.1 Å². The standard InChI is InChI=1S/C32H28F2N2O5S2/c1-32(2,43(4,37)38)24-18-23-9-6-16-35-29(23)27(19-24)22-8-5-7-21(17-22)26-14-15-28(40-31(33)34)36-30(26)20-10-12-25(13-11-20)42-41-39-3/h5-19,31H,1-4H3. The van der Waals surface area contributed by atoms with Crippen LogP contribution in [0.4, 0.5) is 8.78 Å². The summed E-state index contributed by atoms with van der Waals surface area (Å²) in [6, 6.07) is 25.4. The molecular formula is C32H28F2N2O5S2. The van der Waals surface area contributed by atoms with Crippen LogP contribution in [0.25, 0.3) is 44.4 Å². The lowest BCUT2D eigenvalue weighted by Crippen LogP contribution is -2.28. The van der Waals surface area contributed by atoms with Crippen molar-refractivity contribution in [3.05, 3.63) is 96.7 Å². The number of halogens is 2. The Bertz CT molecular complexity index is 1880. The molecular weight excluding hydrogens is 594 g/mol. The highest BCUT2D eigenvalue weighted by atomic mass is 32.2. The minimum atomic E-state index is -3.44. The van der Waals surface area contributed by atoms with Crippen molar-refractivity contribution >= 4 is 32.8 Å². The monoisotopic (exact) mass is 622 g/mol. The van der Waals surface area contributed by atoms with E-state index in [1.54, 1.807) is 50.4 Å². The zero-order valence-electron chi connectivity index (χ0n) is 23.7. The zero-order chi connectivity index (χ0) is 30.8. The smallest absolute Gasteiger partial charge is 0.388 e. The molecule has 5 aromatic rings. The number of hydrogen-bond donors (Lipinski definition) is 0. The third-order valence-corrected chi connectivity index (χ3v) is 9.98. The Morgan fingerprint density at radius 1 is 0.860 bits per heavy atom. The first-order valence-corrected chi connectivity index (χ1v) is 15.7. The molecule has 0 N–H and O–H groups in total. The van der Waals surface area contributed by atoms with Crippen LogP contribution in [0, 0.1) is 0 Å². The van der Waals surface area contributed by atoms with Gasteiger partial charge in [0, 0.05) is 45.5 Å². The maximum Gasteiger partial charge on any atom is 0.388 e. The molecule has 0 atom stereocenters. The van der Waals surface area contributed by atoms with Crippen molar-refractivity contribution in [3.8, 4) is 39.4 Å². The molecule has 2 heterocycles. The van der Waals surface area contributed by atoms with Crippen molar-refractivity contribution in [3.63, 3.8) is 0 Å². The quantitative estimate of drug-likeness (QED) is 0.0877. The van der Waals surface area contributed by atoms with Crippen molar-refractivity contribution < 1.29 is 31.2 Å². The molecule has 0 saturated heterocycles. The second kappa shape index (κ2) is 12.4. The molecule has 0 spiro atoms. The number of sulfone groups is 1. The van der Waals surface area contributed by atoms with Gasteiger partial charge < -0.3 is 4.74 Å². The summed E-state index contributed by atoms with van der Waals surface area (Å²) in [6.45, 7) is 0.349. The highest BCUT2D eigenvalue weighted by Crippen LogP contribution is 2.39. The molecule has 2 aromatic heterocycles. The highest BCUT2D eigenvalue weighted by Gasteiger charge is 2.33. The zero-order valence-corrected chi connectivity index (χ0v) is 25.4. The first-order valence-electron chi connectivity index (χ1n) is 13.1. The van der Waals surface area contributed by atoms with Crippen LogP contribution in [-0.4, -0.2) is 38.4 Å². The van der Waals surface area contributed by atoms with Crippen LogP contribution in [0.15, 0.2) is 96.0 Å². The van der Waals surface area contributed by atoms with E-state index in [1.807, 2.05) is 48.5 Å². The van der Waals surface area contributed by atoms with Crippen molar-refractivity contribution in [1.82, 2.24) is 9.97 Å². The van der Waals surface area contributed by atoms with Gasteiger partial charge in [-0.2, -0.15) is 13.1 Å². The summed E-state index contributed by atoms with van der Waals surface area (Å²) in [7, 11) is -2.04. The predicted molar refractivity (Wildman–Crippen MR) is 164 cm³/mol. The van der Waals surface area contributed by atoms with E-state index in [2.05, 4.69) is 19.6 Å². The molecule has 0 radical (unpaired) electrons. The summed E-state index contributed by atoms with van der Waals surface area (Å²) in [5, 5.41) is 0.809. The van der Waals surface area contributed by atoms with E-state index in [1.165, 1.54) is 19.4 Å². The summed E-state index contributed by atoms with van der Waals surface area (Å²) in [6.07, 6.45) is 2.92. The van der Waals surface area contributed by atoms with E-state index in [-0.39, 0.29) is 5.88 Å². The number of alkyl halides is 2. The molecule has 0 aliphatic heterocycles. The van der Waals surface area contributed by atoms with Gasteiger partial charge in [-0.05, 0) is 73.0 Å². The van der Waals surface area contributed by atoms with E-state index in [4.69, 9.17) is 4.33 Å². The number of ether oxygens (including phenoxy) is 1. The third-order valence-electron chi connectivity index (χ3n) is 7.22. The third kappa shape index (κ3) is 6.54. The van der Waals surface area contributed by atoms with Gasteiger partial charge in [0.15, 0.2) is 9.84 Å². The molecule has 0 aliphatic carbocycles. The number of aromatic nitrogens is 2. The largest absolute Gasteiger partial charge is 0.417 e. The average molecular weight is 623 g/mol. The lowest BCUT2D eigenvalue weighted by atomic mass is 9.91. The van der Waals surface area contributed by atoms with E-state index < -0.39 is 21.2 Å². The number of fused-ring (bicyclic) bond motifs is 1. The van der Waals surface area contributed by atoms with Crippen LogP contribution in [-0.2, 0) is 23.8 Å². The summed E-state index contributed by atoms with van der Waals surface area (Å²) in [5.74, 6) is -0.211. The predicted octanol–water partition coefficient (Wildman–Crippen LogP) is 8.10. The fourth-order valence-electron chi connectivity index (χ4n) is 4.62. The molecule has 0 amide bonds. The SMILES string of the molecule is COOSc1ccc(-c2nc(OC(F)F)ccc2-c2cccc(-c3cc(C(C)(C)S(C)(=O)=O)cc4cccnc34)c2)cc1. The fraction of sp³-hybridized carbons (Fsp3) is 0.188. The first-order chi connectivity index (χ1) is 20.5. The minimum Gasteiger partial charge on any atom is -0.417 e. The van der Waals surface area contributed by atoms with Gasteiger partial charge in [-0.3, -0.25) is 4.98 Å². The Labute approximate surface area is 252 Å². The summed E-state index contributed by atoms with van der Waals surface area (Å²) >= 11 is 1.03. The lowest BCUT2D eigenvalue weighted by molar-refractivity contribution is -0.160. The Hall–Kier alpha value is -3.90. The number of rotatable bonds is 10. The Morgan fingerprint density at radius 2 is 1.58 bits per heavy atom. The van der Waals surface area contributed by atoms with Gasteiger partial charge in [0.25, 0.3) is 0 Å². The van der Waals surface area contributed by atoms with Crippen LogP contribution in [0.5, 0.6) is 5.88 Å². The number of nitrogens with zero attached hydrogens (tertiary/aromatic N) is 2. The molecule has 43 heavy (non-hydrogen) atoms. The molecule has 222 valence electrons. The average Bonchev–Trinajstić information content (AvgIpc) is 2.99. The molecule has 11 heteroatoms. The molecule has 0 saturated carbocycles. The van der Waals surface area contributed by atoms with Crippen LogP contribution in [0.1, 0.15) is 19.4 Å². The molecule has 0 unspecified atom stereocenters. The molecule has 0 aliphatic rings. The second-order valence-corrected chi connectivity index (χ2v) is 13.6. The van der Waals surface area contributed by atoms with E-state index in [0.29, 0.717) is 22.4 Å². The van der Waals surface area contributed by atoms with Crippen LogP contribution >= 0.6 is 12.0 Å². The number of hydrogen-bond acceptors (Lipinski definition) is 8. The fourth-order valence-corrected chi connectivity index (χ4v) is 5.56. The minimum absolute atomic E-state index is 0.211. The van der Waals surface area contributed by atoms with Crippen molar-refractivity contribution in [2.24, 2.45) is 0 Å². The van der Waals surface area contributed by atoms with Crippen molar-refractivity contribution in [1.29, 1.82) is 0 Å². The first kappa shape index (κ1) is 30.6. The highest BCUT2D eigenvalue weighted by molar-refractivity contribution is 7.94. The Kier molecular flexibility index (Phi) is 8.79. The van der Waals surface area contributed by atoms with Gasteiger partial charge in [-0.25, -0.2) is 18.3 Å². The van der Waals surface area contributed by atoms with E-state index in [0.717, 1.165) is 44.5 Å². The van der Waals surface area contributed by atoms with Crippen molar-refractivity contribution in [2.45, 2.75) is 30.1 Å². The Morgan fingerprint density at radius 3 is 2.26 bits per heavy atom. The van der Waals surface area contributed by atoms with Crippen LogP contribution in [0.3, 0.4) is 0 Å². The van der Waals surface area contributed by atoms with Gasteiger partial charge >= 0.3 is 6.61 Å². The second-order valence-electron chi connectivity index (χ2n) is 10.2. The maximum atomic E-state index is 13.1. The van der Waals surface area contributed by atoms with Gasteiger partial charge in [-0.1, -0.05) is 36.4 Å². The molecule has 3 aromatic carbocycles. The van der Waals surface area contributed by atoms with E-state index >= 15 is 0 Å². The molecule has 0 bridgehead atoms.